The minimum absolute atomic E-state index is 0.145. The smallest absolute Gasteiger partial charge is 0.251 e. The fourth-order valence-electron chi connectivity index (χ4n) is 2.38. The molecule has 2 aromatic rings. The lowest BCUT2D eigenvalue weighted by molar-refractivity contribution is 0.0962. The van der Waals surface area contributed by atoms with E-state index in [1.807, 2.05) is 0 Å². The number of rotatable bonds is 2. The summed E-state index contributed by atoms with van der Waals surface area (Å²) in [5.41, 5.74) is 2.43. The van der Waals surface area contributed by atoms with Crippen molar-refractivity contribution in [3.8, 4) is 0 Å². The topological polar surface area (TPSA) is 46.2 Å². The van der Waals surface area contributed by atoms with Crippen LogP contribution in [0.1, 0.15) is 26.3 Å². The molecule has 5 heteroatoms. The van der Waals surface area contributed by atoms with Crippen LogP contribution in [0.3, 0.4) is 0 Å². The Hall–Kier alpha value is -2.40. The molecule has 23 heavy (non-hydrogen) atoms. The van der Waals surface area contributed by atoms with Gasteiger partial charge in [0.05, 0.1) is 0 Å². The third-order valence-corrected chi connectivity index (χ3v) is 4.72. The van der Waals surface area contributed by atoms with Crippen LogP contribution in [-0.2, 0) is 0 Å². The van der Waals surface area contributed by atoms with Gasteiger partial charge in [-0.15, -0.1) is 11.8 Å². The first-order valence-electron chi connectivity index (χ1n) is 7.08. The van der Waals surface area contributed by atoms with E-state index < -0.39 is 5.82 Å². The summed E-state index contributed by atoms with van der Waals surface area (Å²) in [6.45, 7) is 0. The summed E-state index contributed by atoms with van der Waals surface area (Å²) in [5.74, 6) is -0.158. The summed E-state index contributed by atoms with van der Waals surface area (Å²) < 4.78 is 13.4. The molecular weight excluding hydrogens is 313 g/mol. The summed E-state index contributed by atoms with van der Waals surface area (Å²) >= 11 is 1.52. The van der Waals surface area contributed by atoms with Gasteiger partial charge in [-0.05, 0) is 42.0 Å². The van der Waals surface area contributed by atoms with Crippen molar-refractivity contribution in [2.24, 2.45) is 0 Å². The molecule has 3 rings (SSSR count). The van der Waals surface area contributed by atoms with Crippen molar-refractivity contribution < 1.29 is 14.0 Å². The second-order valence-corrected chi connectivity index (χ2v) is 6.15. The lowest BCUT2D eigenvalue weighted by atomic mass is 10.0. The van der Waals surface area contributed by atoms with Gasteiger partial charge in [-0.1, -0.05) is 12.1 Å². The molecule has 0 aliphatic carbocycles. The van der Waals surface area contributed by atoms with Crippen LogP contribution in [0.4, 0.5) is 4.39 Å². The number of Topliss-reactive ketones (excluding diaryl/α,β-unsaturated/α-hetero) is 1. The van der Waals surface area contributed by atoms with Crippen molar-refractivity contribution >= 4 is 29.5 Å². The number of benzene rings is 2. The maximum Gasteiger partial charge on any atom is 0.251 e. The van der Waals surface area contributed by atoms with Gasteiger partial charge in [0, 0.05) is 34.4 Å². The Morgan fingerprint density at radius 2 is 1.96 bits per heavy atom. The molecule has 1 N–H and O–H groups in total. The molecule has 2 aromatic carbocycles. The van der Waals surface area contributed by atoms with Crippen LogP contribution in [0.25, 0.3) is 6.08 Å². The van der Waals surface area contributed by atoms with E-state index in [0.29, 0.717) is 22.5 Å². The van der Waals surface area contributed by atoms with E-state index in [1.165, 1.54) is 23.9 Å². The van der Waals surface area contributed by atoms with Gasteiger partial charge in [-0.25, -0.2) is 4.39 Å². The van der Waals surface area contributed by atoms with E-state index in [0.717, 1.165) is 10.5 Å². The molecular formula is C18H14FNO2S. The monoisotopic (exact) mass is 327 g/mol. The fraction of sp³-hybridized carbons (Fsp3) is 0.111. The van der Waals surface area contributed by atoms with Crippen LogP contribution < -0.4 is 5.32 Å². The zero-order chi connectivity index (χ0) is 16.4. The van der Waals surface area contributed by atoms with Gasteiger partial charge in [0.2, 0.25) is 0 Å². The van der Waals surface area contributed by atoms with Crippen LogP contribution in [0.5, 0.6) is 0 Å². The SMILES string of the molecule is CNC(=O)c1ccc(/C=C2/CSc3ccc(F)cc3C2=O)cc1. The molecule has 0 saturated heterocycles. The lowest BCUT2D eigenvalue weighted by Gasteiger charge is -2.17. The largest absolute Gasteiger partial charge is 0.355 e. The van der Waals surface area contributed by atoms with Crippen molar-refractivity contribution in [2.75, 3.05) is 12.8 Å². The van der Waals surface area contributed by atoms with E-state index in [1.54, 1.807) is 43.5 Å². The summed E-state index contributed by atoms with van der Waals surface area (Å²) in [6, 6.07) is 11.3. The zero-order valence-corrected chi connectivity index (χ0v) is 13.2. The molecule has 0 bridgehead atoms. The second-order valence-electron chi connectivity index (χ2n) is 5.13. The number of carbonyl (C=O) groups excluding carboxylic acids is 2. The molecule has 0 atom stereocenters. The van der Waals surface area contributed by atoms with Crippen molar-refractivity contribution in [1.82, 2.24) is 5.32 Å². The first-order chi connectivity index (χ1) is 11.1. The Labute approximate surface area is 137 Å². The molecule has 1 aliphatic heterocycles. The lowest BCUT2D eigenvalue weighted by Crippen LogP contribution is -2.17. The Bertz CT molecular complexity index is 812. The van der Waals surface area contributed by atoms with Crippen LogP contribution in [0.2, 0.25) is 0 Å². The van der Waals surface area contributed by atoms with Crippen molar-refractivity contribution in [1.29, 1.82) is 0 Å². The van der Waals surface area contributed by atoms with Crippen LogP contribution >= 0.6 is 11.8 Å². The number of carbonyl (C=O) groups is 2. The van der Waals surface area contributed by atoms with Gasteiger partial charge >= 0.3 is 0 Å². The van der Waals surface area contributed by atoms with E-state index in [-0.39, 0.29) is 11.7 Å². The number of hydrogen-bond donors (Lipinski definition) is 1. The van der Waals surface area contributed by atoms with E-state index in [2.05, 4.69) is 5.32 Å². The normalized spacial score (nSPS) is 15.4. The van der Waals surface area contributed by atoms with Crippen molar-refractivity contribution in [3.05, 3.63) is 70.5 Å². The van der Waals surface area contributed by atoms with Gasteiger partial charge in [0.1, 0.15) is 5.82 Å². The molecule has 116 valence electrons. The number of amides is 1. The predicted octanol–water partition coefficient (Wildman–Crippen LogP) is 3.56. The van der Waals surface area contributed by atoms with E-state index >= 15 is 0 Å². The number of nitrogens with one attached hydrogen (secondary N) is 1. The average molecular weight is 327 g/mol. The molecule has 0 spiro atoms. The highest BCUT2D eigenvalue weighted by Crippen LogP contribution is 2.33. The zero-order valence-electron chi connectivity index (χ0n) is 12.4. The molecule has 1 heterocycles. The van der Waals surface area contributed by atoms with Crippen LogP contribution in [-0.4, -0.2) is 24.5 Å². The summed E-state index contributed by atoms with van der Waals surface area (Å²) in [6.07, 6.45) is 1.79. The van der Waals surface area contributed by atoms with E-state index in [4.69, 9.17) is 0 Å². The highest BCUT2D eigenvalue weighted by atomic mass is 32.2. The van der Waals surface area contributed by atoms with Gasteiger partial charge in [0.15, 0.2) is 5.78 Å². The number of fused-ring (bicyclic) bond motifs is 1. The number of hydrogen-bond acceptors (Lipinski definition) is 3. The fourth-order valence-corrected chi connectivity index (χ4v) is 3.38. The van der Waals surface area contributed by atoms with Gasteiger partial charge in [-0.2, -0.15) is 0 Å². The standard InChI is InChI=1S/C18H14FNO2S/c1-20-18(22)12-4-2-11(3-5-12)8-13-10-23-16-7-6-14(19)9-15(16)17(13)21/h2-9H,10H2,1H3,(H,20,22)/b13-8-. The minimum atomic E-state index is -0.408. The molecule has 1 aliphatic rings. The molecule has 0 radical (unpaired) electrons. The van der Waals surface area contributed by atoms with Gasteiger partial charge in [-0.3, -0.25) is 9.59 Å². The predicted molar refractivity (Wildman–Crippen MR) is 89.3 cm³/mol. The first-order valence-corrected chi connectivity index (χ1v) is 8.07. The minimum Gasteiger partial charge on any atom is -0.355 e. The number of thioether (sulfide) groups is 1. The highest BCUT2D eigenvalue weighted by Gasteiger charge is 2.22. The van der Waals surface area contributed by atoms with E-state index in [9.17, 15) is 14.0 Å². The molecule has 0 saturated carbocycles. The molecule has 3 nitrogen and oxygen atoms in total. The van der Waals surface area contributed by atoms with Gasteiger partial charge in [0.25, 0.3) is 5.91 Å². The maximum atomic E-state index is 13.4. The highest BCUT2D eigenvalue weighted by molar-refractivity contribution is 7.99. The Balaban J connectivity index is 1.89. The molecule has 1 amide bonds. The van der Waals surface area contributed by atoms with Crippen LogP contribution in [0, 0.1) is 5.82 Å². The number of ketones is 1. The third kappa shape index (κ3) is 3.19. The Kier molecular flexibility index (Phi) is 4.30. The molecule has 0 unspecified atom stereocenters. The molecule has 0 fully saturated rings. The van der Waals surface area contributed by atoms with Gasteiger partial charge < -0.3 is 5.32 Å². The Morgan fingerprint density at radius 3 is 2.65 bits per heavy atom. The third-order valence-electron chi connectivity index (χ3n) is 3.60. The van der Waals surface area contributed by atoms with Crippen LogP contribution in [0.15, 0.2) is 52.9 Å². The van der Waals surface area contributed by atoms with Crippen molar-refractivity contribution in [2.45, 2.75) is 4.90 Å². The average Bonchev–Trinajstić information content (AvgIpc) is 2.58. The summed E-state index contributed by atoms with van der Waals surface area (Å²) in [4.78, 5) is 24.8. The summed E-state index contributed by atoms with van der Waals surface area (Å²) in [7, 11) is 1.58. The second kappa shape index (κ2) is 6.38. The molecule has 0 aromatic heterocycles. The first kappa shape index (κ1) is 15.5. The summed E-state index contributed by atoms with van der Waals surface area (Å²) in [5, 5.41) is 2.56. The maximum absolute atomic E-state index is 13.4. The number of halogens is 1. The quantitative estimate of drug-likeness (QED) is 0.858. The Morgan fingerprint density at radius 1 is 1.22 bits per heavy atom. The van der Waals surface area contributed by atoms with Crippen molar-refractivity contribution in [3.63, 3.8) is 0 Å².